The highest BCUT2D eigenvalue weighted by molar-refractivity contribution is 8.00. The molecule has 24 heavy (non-hydrogen) atoms. The number of fused-ring (bicyclic) bond motifs is 3. The molecule has 1 aliphatic carbocycles. The highest BCUT2D eigenvalue weighted by Crippen LogP contribution is 2.42. The van der Waals surface area contributed by atoms with E-state index in [2.05, 4.69) is 40.6 Å². The summed E-state index contributed by atoms with van der Waals surface area (Å²) in [5.41, 5.74) is 1.21. The molecular formula is C17H32N4O2S. The van der Waals surface area contributed by atoms with Gasteiger partial charge in [0.25, 0.3) is 0 Å². The minimum Gasteiger partial charge on any atom is -0.381 e. The van der Waals surface area contributed by atoms with Crippen molar-refractivity contribution in [2.75, 3.05) is 33.9 Å². The summed E-state index contributed by atoms with van der Waals surface area (Å²) in [7, 11) is 4.17. The van der Waals surface area contributed by atoms with Gasteiger partial charge in [0.05, 0.1) is 6.73 Å². The van der Waals surface area contributed by atoms with Crippen LogP contribution in [0, 0.1) is 5.92 Å². The van der Waals surface area contributed by atoms with Crippen molar-refractivity contribution in [3.63, 3.8) is 0 Å². The number of hydrogen-bond donors (Lipinski definition) is 4. The molecule has 4 N–H and O–H groups in total. The number of rotatable bonds is 6. The maximum absolute atomic E-state index is 10.0. The number of aliphatic hydroxyl groups is 2. The lowest BCUT2D eigenvalue weighted by molar-refractivity contribution is 0.0729. The van der Waals surface area contributed by atoms with Crippen LogP contribution in [0.4, 0.5) is 0 Å². The molecule has 2 heterocycles. The summed E-state index contributed by atoms with van der Waals surface area (Å²) in [6, 6.07) is 0.768. The summed E-state index contributed by atoms with van der Waals surface area (Å²) in [6.07, 6.45) is 5.08. The zero-order valence-electron chi connectivity index (χ0n) is 15.0. The Labute approximate surface area is 149 Å². The smallest absolute Gasteiger partial charge is 0.127 e. The molecule has 0 radical (unpaired) electrons. The van der Waals surface area contributed by atoms with Crippen molar-refractivity contribution in [2.45, 2.75) is 55.2 Å². The molecule has 1 saturated carbocycles. The monoisotopic (exact) mass is 356 g/mol. The number of nitrogens with one attached hydrogen (secondary N) is 2. The summed E-state index contributed by atoms with van der Waals surface area (Å²) in [6.45, 7) is 4.03. The number of hydrogen-bond acceptors (Lipinski definition) is 7. The van der Waals surface area contributed by atoms with Crippen LogP contribution in [0.15, 0.2) is 11.6 Å². The molecule has 1 saturated heterocycles. The predicted octanol–water partition coefficient (Wildman–Crippen LogP) is 0.194. The van der Waals surface area contributed by atoms with E-state index in [9.17, 15) is 10.2 Å². The van der Waals surface area contributed by atoms with Gasteiger partial charge in [-0.05, 0) is 52.4 Å². The Morgan fingerprint density at radius 2 is 2.04 bits per heavy atom. The van der Waals surface area contributed by atoms with E-state index in [1.54, 1.807) is 0 Å². The molecule has 0 spiro atoms. The molecule has 0 bridgehead atoms. The van der Waals surface area contributed by atoms with E-state index < -0.39 is 6.23 Å². The topological polar surface area (TPSA) is 71.0 Å². The lowest BCUT2D eigenvalue weighted by atomic mass is 9.77. The quantitative estimate of drug-likeness (QED) is 0.400. The normalized spacial score (nSPS) is 39.0. The van der Waals surface area contributed by atoms with Crippen LogP contribution in [0.1, 0.15) is 26.2 Å². The average molecular weight is 357 g/mol. The van der Waals surface area contributed by atoms with Crippen molar-refractivity contribution in [2.24, 2.45) is 5.92 Å². The molecule has 7 heteroatoms. The summed E-state index contributed by atoms with van der Waals surface area (Å²) in [5.74, 6) is 0.423. The summed E-state index contributed by atoms with van der Waals surface area (Å²) in [5, 5.41) is 27.5. The van der Waals surface area contributed by atoms with Crippen molar-refractivity contribution in [1.29, 1.82) is 0 Å². The Morgan fingerprint density at radius 3 is 2.75 bits per heavy atom. The molecule has 138 valence electrons. The second-order valence-corrected chi connectivity index (χ2v) is 8.90. The van der Waals surface area contributed by atoms with E-state index in [0.717, 1.165) is 37.9 Å². The SMILES string of the molecule is CC1=CC2C(CCC3SC(N(CO)CCCN(C)C)NC32)NC1O. The third-order valence-corrected chi connectivity index (χ3v) is 7.07. The fourth-order valence-corrected chi connectivity index (χ4v) is 5.75. The van der Waals surface area contributed by atoms with E-state index in [-0.39, 0.29) is 12.2 Å². The Kier molecular flexibility index (Phi) is 6.24. The zero-order chi connectivity index (χ0) is 17.3. The Balaban J connectivity index is 1.62. The largest absolute Gasteiger partial charge is 0.381 e. The second-order valence-electron chi connectivity index (χ2n) is 7.57. The lowest BCUT2D eigenvalue weighted by Crippen LogP contribution is -2.58. The van der Waals surface area contributed by atoms with Crippen molar-refractivity contribution in [1.82, 2.24) is 20.4 Å². The molecule has 0 aromatic heterocycles. The van der Waals surface area contributed by atoms with Crippen LogP contribution in [0.3, 0.4) is 0 Å². The predicted molar refractivity (Wildman–Crippen MR) is 98.5 cm³/mol. The third-order valence-electron chi connectivity index (χ3n) is 5.50. The van der Waals surface area contributed by atoms with Gasteiger partial charge in [-0.1, -0.05) is 6.08 Å². The summed E-state index contributed by atoms with van der Waals surface area (Å²) >= 11 is 1.97. The van der Waals surface area contributed by atoms with Gasteiger partial charge in [0.2, 0.25) is 0 Å². The fourth-order valence-electron chi connectivity index (χ4n) is 4.14. The highest BCUT2D eigenvalue weighted by Gasteiger charge is 2.47. The highest BCUT2D eigenvalue weighted by atomic mass is 32.2. The molecule has 3 rings (SSSR count). The van der Waals surface area contributed by atoms with E-state index in [0.29, 0.717) is 23.3 Å². The van der Waals surface area contributed by atoms with Gasteiger partial charge in [-0.25, -0.2) is 0 Å². The molecule has 2 fully saturated rings. The maximum atomic E-state index is 10.0. The minimum atomic E-state index is -0.493. The van der Waals surface area contributed by atoms with Crippen LogP contribution in [0.5, 0.6) is 0 Å². The summed E-state index contributed by atoms with van der Waals surface area (Å²) in [4.78, 5) is 4.32. The van der Waals surface area contributed by atoms with Crippen molar-refractivity contribution in [3.05, 3.63) is 11.6 Å². The van der Waals surface area contributed by atoms with Crippen LogP contribution in [-0.2, 0) is 0 Å². The first-order chi connectivity index (χ1) is 11.5. The van der Waals surface area contributed by atoms with Gasteiger partial charge in [0.15, 0.2) is 0 Å². The molecule has 0 aromatic rings. The van der Waals surface area contributed by atoms with Crippen molar-refractivity contribution in [3.8, 4) is 0 Å². The van der Waals surface area contributed by atoms with E-state index in [1.165, 1.54) is 0 Å². The van der Waals surface area contributed by atoms with Gasteiger partial charge >= 0.3 is 0 Å². The Bertz CT molecular complexity index is 462. The first-order valence-electron chi connectivity index (χ1n) is 9.03. The molecule has 6 unspecified atom stereocenters. The van der Waals surface area contributed by atoms with E-state index in [1.807, 2.05) is 18.7 Å². The molecular weight excluding hydrogens is 324 g/mol. The van der Waals surface area contributed by atoms with E-state index in [4.69, 9.17) is 0 Å². The Morgan fingerprint density at radius 1 is 1.25 bits per heavy atom. The first-order valence-corrected chi connectivity index (χ1v) is 9.97. The standard InChI is InChI=1S/C17H32N4O2S/c1-11-9-12-13(18-16(11)23)5-6-14-15(12)19-17(24-14)21(10-22)8-4-7-20(2)3/h9,12-19,22-23H,4-8,10H2,1-3H3. The zero-order valence-corrected chi connectivity index (χ0v) is 15.8. The van der Waals surface area contributed by atoms with Crippen molar-refractivity contribution >= 4 is 11.8 Å². The molecule has 0 amide bonds. The van der Waals surface area contributed by atoms with Crippen LogP contribution in [-0.4, -0.2) is 83.0 Å². The first kappa shape index (κ1) is 18.6. The van der Waals surface area contributed by atoms with Gasteiger partial charge in [0.1, 0.15) is 11.7 Å². The number of aliphatic hydroxyl groups excluding tert-OH is 2. The van der Waals surface area contributed by atoms with Crippen molar-refractivity contribution < 1.29 is 10.2 Å². The van der Waals surface area contributed by atoms with Gasteiger partial charge < -0.3 is 15.1 Å². The molecule has 3 aliphatic rings. The molecule has 6 atom stereocenters. The van der Waals surface area contributed by atoms with Gasteiger partial charge in [-0.2, -0.15) is 0 Å². The van der Waals surface area contributed by atoms with Gasteiger partial charge in [0, 0.05) is 29.8 Å². The van der Waals surface area contributed by atoms with Gasteiger partial charge in [-0.15, -0.1) is 11.8 Å². The fraction of sp³-hybridized carbons (Fsp3) is 0.882. The lowest BCUT2D eigenvalue weighted by Gasteiger charge is -2.42. The second kappa shape index (κ2) is 8.03. The molecule has 6 nitrogen and oxygen atoms in total. The number of nitrogens with zero attached hydrogens (tertiary/aromatic N) is 2. The third kappa shape index (κ3) is 3.98. The maximum Gasteiger partial charge on any atom is 0.127 e. The molecule has 2 aliphatic heterocycles. The minimum absolute atomic E-state index is 0.0947. The van der Waals surface area contributed by atoms with Crippen LogP contribution >= 0.6 is 11.8 Å². The van der Waals surface area contributed by atoms with Crippen LogP contribution in [0.2, 0.25) is 0 Å². The Hall–Kier alpha value is -0.150. The van der Waals surface area contributed by atoms with Crippen LogP contribution in [0.25, 0.3) is 0 Å². The average Bonchev–Trinajstić information content (AvgIpc) is 2.97. The van der Waals surface area contributed by atoms with E-state index >= 15 is 0 Å². The summed E-state index contributed by atoms with van der Waals surface area (Å²) < 4.78 is 0. The molecule has 0 aromatic carbocycles. The van der Waals surface area contributed by atoms with Crippen LogP contribution < -0.4 is 10.6 Å². The number of thioether (sulfide) groups is 1. The van der Waals surface area contributed by atoms with Gasteiger partial charge in [-0.3, -0.25) is 15.5 Å².